The van der Waals surface area contributed by atoms with Crippen LogP contribution in [-0.4, -0.2) is 53.7 Å². The molecule has 1 fully saturated rings. The van der Waals surface area contributed by atoms with Crippen molar-refractivity contribution in [2.45, 2.75) is 12.5 Å². The Labute approximate surface area is 95.5 Å². The van der Waals surface area contributed by atoms with Crippen LogP contribution in [0.15, 0.2) is 0 Å². The molecule has 0 aliphatic carbocycles. The lowest BCUT2D eigenvalue weighted by atomic mass is 9.99. The lowest BCUT2D eigenvalue weighted by molar-refractivity contribution is -0.00201. The molecule has 0 radical (unpaired) electrons. The number of nitrogens with one attached hydrogen (secondary N) is 1. The van der Waals surface area contributed by atoms with Gasteiger partial charge in [-0.05, 0) is 18.9 Å². The van der Waals surface area contributed by atoms with E-state index in [1.165, 1.54) is 0 Å². The molecule has 2 unspecified atom stereocenters. The van der Waals surface area contributed by atoms with Crippen LogP contribution in [0.4, 0.5) is 3.89 Å². The topological polar surface area (TPSA) is 64.6 Å². The van der Waals surface area contributed by atoms with Crippen molar-refractivity contribution in [2.75, 3.05) is 39.2 Å². The molecule has 1 heterocycles. The first-order valence-electron chi connectivity index (χ1n) is 5.25. The molecule has 1 rings (SSSR count). The Morgan fingerprint density at radius 1 is 1.38 bits per heavy atom. The van der Waals surface area contributed by atoms with Gasteiger partial charge < -0.3 is 14.8 Å². The lowest BCUT2D eigenvalue weighted by Gasteiger charge is -2.29. The molecule has 2 atom stereocenters. The van der Waals surface area contributed by atoms with Crippen LogP contribution in [0, 0.1) is 5.92 Å². The zero-order valence-electron chi connectivity index (χ0n) is 9.32. The summed E-state index contributed by atoms with van der Waals surface area (Å²) in [5, 5.41) is 3.04. The van der Waals surface area contributed by atoms with Gasteiger partial charge in [0.2, 0.25) is 0 Å². The molecule has 0 amide bonds. The zero-order chi connectivity index (χ0) is 12.0. The van der Waals surface area contributed by atoms with Gasteiger partial charge in [0.15, 0.2) is 0 Å². The highest BCUT2D eigenvalue weighted by atomic mass is 32.3. The molecule has 0 aromatic carbocycles. The van der Waals surface area contributed by atoms with Gasteiger partial charge in [-0.15, -0.1) is 3.89 Å². The van der Waals surface area contributed by atoms with Crippen molar-refractivity contribution in [1.82, 2.24) is 5.32 Å². The molecule has 0 saturated carbocycles. The highest BCUT2D eigenvalue weighted by Gasteiger charge is 2.26. The van der Waals surface area contributed by atoms with Crippen LogP contribution in [0.25, 0.3) is 0 Å². The van der Waals surface area contributed by atoms with Crippen molar-refractivity contribution in [3.8, 4) is 0 Å². The van der Waals surface area contributed by atoms with Gasteiger partial charge >= 0.3 is 10.2 Å². The summed E-state index contributed by atoms with van der Waals surface area (Å²) in [6, 6.07) is 0. The van der Waals surface area contributed by atoms with Crippen molar-refractivity contribution in [3.05, 3.63) is 0 Å². The molecule has 7 heteroatoms. The molecule has 1 N–H and O–H groups in total. The van der Waals surface area contributed by atoms with E-state index in [-0.39, 0.29) is 12.0 Å². The maximum atomic E-state index is 12.5. The van der Waals surface area contributed by atoms with Crippen LogP contribution >= 0.6 is 0 Å². The number of piperidine rings is 1. The summed E-state index contributed by atoms with van der Waals surface area (Å²) in [4.78, 5) is 0. The second-order valence-corrected chi connectivity index (χ2v) is 5.36. The maximum absolute atomic E-state index is 12.5. The molecule has 16 heavy (non-hydrogen) atoms. The van der Waals surface area contributed by atoms with Gasteiger partial charge in [-0.2, -0.15) is 8.42 Å². The first-order chi connectivity index (χ1) is 7.51. The minimum Gasteiger partial charge on any atom is -0.382 e. The first-order valence-corrected chi connectivity index (χ1v) is 6.80. The summed E-state index contributed by atoms with van der Waals surface area (Å²) in [7, 11) is -2.81. The normalized spacial score (nSPS) is 26.9. The molecule has 96 valence electrons. The highest BCUT2D eigenvalue weighted by molar-refractivity contribution is 7.86. The predicted octanol–water partition coefficient (Wildman–Crippen LogP) is -0.0732. The fraction of sp³-hybridized carbons (Fsp3) is 1.00. The second-order valence-electron chi connectivity index (χ2n) is 3.95. The summed E-state index contributed by atoms with van der Waals surface area (Å²) in [5.41, 5.74) is 0. The van der Waals surface area contributed by atoms with E-state index >= 15 is 0 Å². The molecule has 5 nitrogen and oxygen atoms in total. The minimum absolute atomic E-state index is 0.0596. The Kier molecular flexibility index (Phi) is 5.60. The Morgan fingerprint density at radius 2 is 2.12 bits per heavy atom. The van der Waals surface area contributed by atoms with E-state index < -0.39 is 16.0 Å². The van der Waals surface area contributed by atoms with Crippen molar-refractivity contribution >= 4 is 10.2 Å². The van der Waals surface area contributed by atoms with Crippen LogP contribution in [0.3, 0.4) is 0 Å². The average molecular weight is 255 g/mol. The van der Waals surface area contributed by atoms with E-state index in [0.29, 0.717) is 32.7 Å². The summed E-state index contributed by atoms with van der Waals surface area (Å²) in [6.07, 6.45) is 0.510. The van der Waals surface area contributed by atoms with Gasteiger partial charge in [0, 0.05) is 13.7 Å². The zero-order valence-corrected chi connectivity index (χ0v) is 10.1. The first kappa shape index (κ1) is 13.8. The Hall–Kier alpha value is -0.240. The fourth-order valence-electron chi connectivity index (χ4n) is 1.82. The van der Waals surface area contributed by atoms with Crippen molar-refractivity contribution in [1.29, 1.82) is 0 Å². The summed E-state index contributed by atoms with van der Waals surface area (Å²) < 4.78 is 43.8. The smallest absolute Gasteiger partial charge is 0.302 e. The van der Waals surface area contributed by atoms with E-state index in [0.717, 1.165) is 0 Å². The molecular weight excluding hydrogens is 237 g/mol. The van der Waals surface area contributed by atoms with E-state index in [1.54, 1.807) is 7.11 Å². The van der Waals surface area contributed by atoms with Gasteiger partial charge in [-0.1, -0.05) is 0 Å². The summed E-state index contributed by atoms with van der Waals surface area (Å²) >= 11 is 0. The number of methoxy groups -OCH3 is 1. The minimum atomic E-state index is -4.39. The van der Waals surface area contributed by atoms with Crippen LogP contribution in [-0.2, 0) is 19.7 Å². The average Bonchev–Trinajstić information content (AvgIpc) is 2.16. The molecule has 0 spiro atoms. The SMILES string of the molecule is COCCOC1CNCC(CS(=O)(=O)F)C1. The second kappa shape index (κ2) is 6.48. The van der Waals surface area contributed by atoms with E-state index in [9.17, 15) is 12.3 Å². The van der Waals surface area contributed by atoms with E-state index in [4.69, 9.17) is 9.47 Å². The fourth-order valence-corrected chi connectivity index (χ4v) is 2.64. The highest BCUT2D eigenvalue weighted by Crippen LogP contribution is 2.16. The molecule has 0 aromatic heterocycles. The van der Waals surface area contributed by atoms with Crippen LogP contribution in [0.5, 0.6) is 0 Å². The number of ether oxygens (including phenoxy) is 2. The molecular formula is C9H18FNO4S. The Balaban J connectivity index is 2.30. The lowest BCUT2D eigenvalue weighted by Crippen LogP contribution is -2.43. The van der Waals surface area contributed by atoms with Gasteiger partial charge in [0.25, 0.3) is 0 Å². The number of hydrogen-bond acceptors (Lipinski definition) is 5. The third kappa shape index (κ3) is 5.74. The van der Waals surface area contributed by atoms with Crippen molar-refractivity contribution in [2.24, 2.45) is 5.92 Å². The number of hydrogen-bond donors (Lipinski definition) is 1. The maximum Gasteiger partial charge on any atom is 0.302 e. The van der Waals surface area contributed by atoms with Crippen LogP contribution in [0.2, 0.25) is 0 Å². The largest absolute Gasteiger partial charge is 0.382 e. The third-order valence-corrected chi connectivity index (χ3v) is 3.35. The molecule has 1 aliphatic heterocycles. The van der Waals surface area contributed by atoms with Gasteiger partial charge in [0.1, 0.15) is 0 Å². The third-order valence-electron chi connectivity index (χ3n) is 2.48. The molecule has 1 aliphatic rings. The quantitative estimate of drug-likeness (QED) is 0.531. The monoisotopic (exact) mass is 255 g/mol. The summed E-state index contributed by atoms with van der Waals surface area (Å²) in [6.45, 7) is 2.17. The van der Waals surface area contributed by atoms with E-state index in [1.807, 2.05) is 0 Å². The van der Waals surface area contributed by atoms with Crippen molar-refractivity contribution < 1.29 is 21.8 Å². The predicted molar refractivity (Wildman–Crippen MR) is 57.5 cm³/mol. The van der Waals surface area contributed by atoms with Gasteiger partial charge in [-0.3, -0.25) is 0 Å². The number of halogens is 1. The molecule has 1 saturated heterocycles. The van der Waals surface area contributed by atoms with Crippen LogP contribution < -0.4 is 5.32 Å². The van der Waals surface area contributed by atoms with Gasteiger partial charge in [-0.25, -0.2) is 0 Å². The van der Waals surface area contributed by atoms with Crippen molar-refractivity contribution in [3.63, 3.8) is 0 Å². The summed E-state index contributed by atoms with van der Waals surface area (Å²) in [5.74, 6) is -0.638. The Morgan fingerprint density at radius 3 is 2.75 bits per heavy atom. The standard InChI is InChI=1S/C9H18FNO4S/c1-14-2-3-15-9-4-8(5-11-6-9)7-16(10,12)13/h8-9,11H,2-7H2,1H3. The Bertz CT molecular complexity index is 296. The van der Waals surface area contributed by atoms with Crippen LogP contribution in [0.1, 0.15) is 6.42 Å². The van der Waals surface area contributed by atoms with Gasteiger partial charge in [0.05, 0.1) is 25.1 Å². The number of rotatable bonds is 6. The van der Waals surface area contributed by atoms with E-state index in [2.05, 4.69) is 5.32 Å². The molecule has 0 aromatic rings. The molecule has 0 bridgehead atoms.